The van der Waals surface area contributed by atoms with Crippen LogP contribution >= 0.6 is 11.6 Å². The van der Waals surface area contributed by atoms with Crippen LogP contribution in [0.1, 0.15) is 6.42 Å². The number of rotatable bonds is 2. The minimum absolute atomic E-state index is 0.702. The van der Waals surface area contributed by atoms with Gasteiger partial charge < -0.3 is 9.88 Å². The van der Waals surface area contributed by atoms with Crippen LogP contribution < -0.4 is 5.32 Å². The number of hydrogen-bond acceptors (Lipinski definition) is 2. The van der Waals surface area contributed by atoms with Crippen molar-refractivity contribution in [3.05, 3.63) is 29.5 Å². The first-order chi connectivity index (χ1) is 7.83. The van der Waals surface area contributed by atoms with E-state index >= 15 is 0 Å². The third kappa shape index (κ3) is 1.81. The fraction of sp³-hybridized carbons (Fsp3) is 0.417. The molecule has 1 aliphatic rings. The van der Waals surface area contributed by atoms with Gasteiger partial charge in [0.05, 0.1) is 5.02 Å². The number of nitrogens with one attached hydrogen (secondary N) is 1. The zero-order chi connectivity index (χ0) is 11.0. The summed E-state index contributed by atoms with van der Waals surface area (Å²) >= 11 is 5.92. The Balaban J connectivity index is 1.91. The minimum atomic E-state index is 0.702. The summed E-state index contributed by atoms with van der Waals surface area (Å²) in [6.45, 7) is 3.31. The standard InChI is InChI=1S/C12H14ClN3/c13-11-5-10-2-4-16(12(10)15-7-11)8-9-1-3-14-6-9/h2,4-5,7,9,14H,1,3,6,8H2. The van der Waals surface area contributed by atoms with E-state index in [1.165, 1.54) is 6.42 Å². The Morgan fingerprint density at radius 2 is 2.50 bits per heavy atom. The van der Waals surface area contributed by atoms with Crippen molar-refractivity contribution in [3.63, 3.8) is 0 Å². The summed E-state index contributed by atoms with van der Waals surface area (Å²) < 4.78 is 2.23. The summed E-state index contributed by atoms with van der Waals surface area (Å²) in [6, 6.07) is 4.05. The van der Waals surface area contributed by atoms with Gasteiger partial charge in [-0.3, -0.25) is 0 Å². The fourth-order valence-corrected chi connectivity index (χ4v) is 2.51. The molecule has 1 N–H and O–H groups in total. The molecular formula is C12H14ClN3. The van der Waals surface area contributed by atoms with Crippen molar-refractivity contribution in [1.29, 1.82) is 0 Å². The Hall–Kier alpha value is -1.06. The van der Waals surface area contributed by atoms with Gasteiger partial charge in [-0.15, -0.1) is 0 Å². The Kier molecular flexibility index (Phi) is 2.58. The average molecular weight is 236 g/mol. The molecule has 2 aromatic rings. The maximum Gasteiger partial charge on any atom is 0.139 e. The normalized spacial score (nSPS) is 20.7. The molecule has 84 valence electrons. The molecule has 3 heterocycles. The highest BCUT2D eigenvalue weighted by molar-refractivity contribution is 6.31. The zero-order valence-electron chi connectivity index (χ0n) is 8.99. The van der Waals surface area contributed by atoms with Crippen LogP contribution in [0.25, 0.3) is 11.0 Å². The lowest BCUT2D eigenvalue weighted by atomic mass is 10.1. The van der Waals surface area contributed by atoms with Gasteiger partial charge in [0.1, 0.15) is 5.65 Å². The lowest BCUT2D eigenvalue weighted by molar-refractivity contribution is 0.489. The molecule has 1 aliphatic heterocycles. The van der Waals surface area contributed by atoms with Crippen LogP contribution in [0.15, 0.2) is 24.5 Å². The fourth-order valence-electron chi connectivity index (χ4n) is 2.35. The van der Waals surface area contributed by atoms with E-state index in [2.05, 4.69) is 27.1 Å². The van der Waals surface area contributed by atoms with Gasteiger partial charge in [-0.1, -0.05) is 11.6 Å². The van der Waals surface area contributed by atoms with Crippen molar-refractivity contribution in [3.8, 4) is 0 Å². The van der Waals surface area contributed by atoms with Crippen LogP contribution in [0, 0.1) is 5.92 Å². The van der Waals surface area contributed by atoms with Crippen LogP contribution in [0.3, 0.4) is 0 Å². The van der Waals surface area contributed by atoms with Crippen LogP contribution in [-0.2, 0) is 6.54 Å². The van der Waals surface area contributed by atoms with Gasteiger partial charge in [-0.25, -0.2) is 4.98 Å². The third-order valence-corrected chi connectivity index (χ3v) is 3.39. The van der Waals surface area contributed by atoms with E-state index in [9.17, 15) is 0 Å². The van der Waals surface area contributed by atoms with Crippen LogP contribution in [0.4, 0.5) is 0 Å². The number of aromatic nitrogens is 2. The minimum Gasteiger partial charge on any atom is -0.332 e. The monoisotopic (exact) mass is 235 g/mol. The molecule has 3 rings (SSSR count). The lowest BCUT2D eigenvalue weighted by Gasteiger charge is -2.10. The number of nitrogens with zero attached hydrogens (tertiary/aromatic N) is 2. The maximum absolute atomic E-state index is 5.92. The molecule has 1 fully saturated rings. The molecule has 0 saturated carbocycles. The average Bonchev–Trinajstić information content (AvgIpc) is 2.89. The van der Waals surface area contributed by atoms with Crippen molar-refractivity contribution in [2.45, 2.75) is 13.0 Å². The smallest absolute Gasteiger partial charge is 0.139 e. The van der Waals surface area contributed by atoms with Gasteiger partial charge in [-0.05, 0) is 37.6 Å². The Morgan fingerprint density at radius 1 is 1.56 bits per heavy atom. The topological polar surface area (TPSA) is 29.9 Å². The molecule has 0 spiro atoms. The van der Waals surface area contributed by atoms with Gasteiger partial charge in [0.2, 0.25) is 0 Å². The number of pyridine rings is 1. The van der Waals surface area contributed by atoms with Crippen LogP contribution in [-0.4, -0.2) is 22.6 Å². The van der Waals surface area contributed by atoms with Gasteiger partial charge in [0, 0.05) is 24.3 Å². The number of hydrogen-bond donors (Lipinski definition) is 1. The highest BCUT2D eigenvalue weighted by Crippen LogP contribution is 2.20. The SMILES string of the molecule is Clc1cnc2c(ccn2CC2CCNC2)c1. The number of fused-ring (bicyclic) bond motifs is 1. The van der Waals surface area contributed by atoms with Crippen LogP contribution in [0.2, 0.25) is 5.02 Å². The highest BCUT2D eigenvalue weighted by Gasteiger charge is 2.15. The summed E-state index contributed by atoms with van der Waals surface area (Å²) in [5.41, 5.74) is 1.04. The highest BCUT2D eigenvalue weighted by atomic mass is 35.5. The van der Waals surface area contributed by atoms with Crippen molar-refractivity contribution in [2.75, 3.05) is 13.1 Å². The van der Waals surface area contributed by atoms with E-state index in [-0.39, 0.29) is 0 Å². The Bertz CT molecular complexity index is 500. The van der Waals surface area contributed by atoms with E-state index < -0.39 is 0 Å². The molecule has 2 aromatic heterocycles. The van der Waals surface area contributed by atoms with Crippen molar-refractivity contribution in [1.82, 2.24) is 14.9 Å². The predicted octanol–water partition coefficient (Wildman–Crippen LogP) is 2.30. The molecule has 16 heavy (non-hydrogen) atoms. The zero-order valence-corrected chi connectivity index (χ0v) is 9.74. The second-order valence-electron chi connectivity index (χ2n) is 4.39. The molecule has 0 aromatic carbocycles. The summed E-state index contributed by atoms with van der Waals surface area (Å²) in [4.78, 5) is 4.39. The first-order valence-corrected chi connectivity index (χ1v) is 6.02. The van der Waals surface area contributed by atoms with Gasteiger partial charge in [0.15, 0.2) is 0 Å². The number of halogens is 1. The molecule has 0 bridgehead atoms. The predicted molar refractivity (Wildman–Crippen MR) is 65.7 cm³/mol. The summed E-state index contributed by atoms with van der Waals surface area (Å²) in [7, 11) is 0. The molecule has 4 heteroatoms. The summed E-state index contributed by atoms with van der Waals surface area (Å²) in [5, 5.41) is 5.21. The largest absolute Gasteiger partial charge is 0.332 e. The molecule has 1 unspecified atom stereocenters. The second kappa shape index (κ2) is 4.07. The van der Waals surface area contributed by atoms with Crippen molar-refractivity contribution in [2.24, 2.45) is 5.92 Å². The Labute approximate surface area is 99.4 Å². The quantitative estimate of drug-likeness (QED) is 0.866. The molecule has 3 nitrogen and oxygen atoms in total. The van der Waals surface area contributed by atoms with E-state index in [0.717, 1.165) is 36.6 Å². The van der Waals surface area contributed by atoms with E-state index in [4.69, 9.17) is 11.6 Å². The maximum atomic E-state index is 5.92. The van der Waals surface area contributed by atoms with Crippen molar-refractivity contribution >= 4 is 22.6 Å². The van der Waals surface area contributed by atoms with Crippen molar-refractivity contribution < 1.29 is 0 Å². The third-order valence-electron chi connectivity index (χ3n) is 3.19. The van der Waals surface area contributed by atoms with Crippen LogP contribution in [0.5, 0.6) is 0 Å². The van der Waals surface area contributed by atoms with E-state index in [0.29, 0.717) is 5.02 Å². The van der Waals surface area contributed by atoms with Gasteiger partial charge in [0.25, 0.3) is 0 Å². The molecule has 1 saturated heterocycles. The molecule has 0 radical (unpaired) electrons. The van der Waals surface area contributed by atoms with E-state index in [1.54, 1.807) is 6.20 Å². The second-order valence-corrected chi connectivity index (χ2v) is 4.83. The molecular weight excluding hydrogens is 222 g/mol. The molecule has 0 amide bonds. The molecule has 0 aliphatic carbocycles. The first kappa shape index (κ1) is 10.1. The first-order valence-electron chi connectivity index (χ1n) is 5.64. The summed E-state index contributed by atoms with van der Waals surface area (Å²) in [6.07, 6.45) is 5.08. The lowest BCUT2D eigenvalue weighted by Crippen LogP contribution is -2.14. The molecule has 1 atom stereocenters. The van der Waals surface area contributed by atoms with Gasteiger partial charge in [-0.2, -0.15) is 0 Å². The summed E-state index contributed by atoms with van der Waals surface area (Å²) in [5.74, 6) is 0.730. The Morgan fingerprint density at radius 3 is 3.31 bits per heavy atom. The van der Waals surface area contributed by atoms with Gasteiger partial charge >= 0.3 is 0 Å². The van der Waals surface area contributed by atoms with E-state index in [1.807, 2.05) is 6.07 Å².